The van der Waals surface area contributed by atoms with Gasteiger partial charge in [-0.25, -0.2) is 0 Å². The Labute approximate surface area is 146 Å². The van der Waals surface area contributed by atoms with E-state index in [0.717, 1.165) is 6.54 Å². The standard InChI is InChI=1S/C23H31N/c1-3-5-6-7-8-9-10-14-19-15-13-17-21-20-16-11-12-18-22(20)24(4-2)23(19)21/h11-13,15-18H,3-10,14H2,1-2H3. The summed E-state index contributed by atoms with van der Waals surface area (Å²) in [5, 5.41) is 2.82. The van der Waals surface area contributed by atoms with Crippen molar-refractivity contribution in [3.8, 4) is 0 Å². The predicted octanol–water partition coefficient (Wildman–Crippen LogP) is 7.11. The first-order valence-electron chi connectivity index (χ1n) is 9.85. The number of hydrogen-bond donors (Lipinski definition) is 0. The first kappa shape index (κ1) is 17.1. The summed E-state index contributed by atoms with van der Waals surface area (Å²) >= 11 is 0. The number of aromatic nitrogens is 1. The molecule has 1 heterocycles. The zero-order chi connectivity index (χ0) is 16.8. The molecule has 0 radical (unpaired) electrons. The molecule has 24 heavy (non-hydrogen) atoms. The normalized spacial score (nSPS) is 11.6. The highest BCUT2D eigenvalue weighted by molar-refractivity contribution is 6.09. The highest BCUT2D eigenvalue weighted by atomic mass is 15.0. The number of unbranched alkanes of at least 4 members (excludes halogenated alkanes) is 6. The average Bonchev–Trinajstić information content (AvgIpc) is 2.95. The van der Waals surface area contributed by atoms with Crippen molar-refractivity contribution in [2.24, 2.45) is 0 Å². The summed E-state index contributed by atoms with van der Waals surface area (Å²) in [6.07, 6.45) is 10.8. The van der Waals surface area contributed by atoms with Gasteiger partial charge >= 0.3 is 0 Å². The Morgan fingerprint density at radius 2 is 1.42 bits per heavy atom. The van der Waals surface area contributed by atoms with Gasteiger partial charge in [0.15, 0.2) is 0 Å². The molecule has 128 valence electrons. The largest absolute Gasteiger partial charge is 0.341 e. The molecular formula is C23H31N. The molecule has 0 aliphatic carbocycles. The van der Waals surface area contributed by atoms with E-state index in [-0.39, 0.29) is 0 Å². The third kappa shape index (κ3) is 3.50. The molecule has 0 amide bonds. The molecule has 2 aromatic carbocycles. The number of para-hydroxylation sites is 2. The average molecular weight is 322 g/mol. The van der Waals surface area contributed by atoms with Crippen molar-refractivity contribution in [1.29, 1.82) is 0 Å². The van der Waals surface area contributed by atoms with E-state index in [1.165, 1.54) is 78.7 Å². The zero-order valence-corrected chi connectivity index (χ0v) is 15.4. The van der Waals surface area contributed by atoms with Crippen molar-refractivity contribution >= 4 is 21.8 Å². The van der Waals surface area contributed by atoms with Crippen LogP contribution in [-0.4, -0.2) is 4.57 Å². The minimum absolute atomic E-state index is 1.04. The first-order valence-corrected chi connectivity index (χ1v) is 9.85. The molecular weight excluding hydrogens is 290 g/mol. The van der Waals surface area contributed by atoms with Gasteiger partial charge in [-0.1, -0.05) is 81.8 Å². The van der Waals surface area contributed by atoms with E-state index in [2.05, 4.69) is 60.9 Å². The molecule has 0 unspecified atom stereocenters. The highest BCUT2D eigenvalue weighted by Crippen LogP contribution is 2.31. The molecule has 0 aliphatic rings. The Morgan fingerprint density at radius 1 is 0.708 bits per heavy atom. The third-order valence-corrected chi connectivity index (χ3v) is 5.24. The van der Waals surface area contributed by atoms with E-state index in [4.69, 9.17) is 0 Å². The second kappa shape index (κ2) is 8.37. The fourth-order valence-corrected chi connectivity index (χ4v) is 3.99. The minimum atomic E-state index is 1.04. The van der Waals surface area contributed by atoms with Gasteiger partial charge in [0.25, 0.3) is 0 Å². The second-order valence-electron chi connectivity index (χ2n) is 6.95. The van der Waals surface area contributed by atoms with Crippen LogP contribution in [0.3, 0.4) is 0 Å². The van der Waals surface area contributed by atoms with Crippen molar-refractivity contribution < 1.29 is 0 Å². The van der Waals surface area contributed by atoms with E-state index in [9.17, 15) is 0 Å². The molecule has 3 rings (SSSR count). The van der Waals surface area contributed by atoms with Crippen LogP contribution in [0.15, 0.2) is 42.5 Å². The van der Waals surface area contributed by atoms with E-state index in [1.807, 2.05) is 0 Å². The van der Waals surface area contributed by atoms with Crippen LogP contribution in [0.5, 0.6) is 0 Å². The maximum absolute atomic E-state index is 2.50. The number of rotatable bonds is 9. The van der Waals surface area contributed by atoms with E-state index in [0.29, 0.717) is 0 Å². The molecule has 0 saturated carbocycles. The summed E-state index contributed by atoms with van der Waals surface area (Å²) in [6.45, 7) is 5.59. The van der Waals surface area contributed by atoms with Gasteiger partial charge < -0.3 is 4.57 Å². The molecule has 0 spiro atoms. The molecule has 3 aromatic rings. The van der Waals surface area contributed by atoms with Crippen LogP contribution in [-0.2, 0) is 13.0 Å². The number of nitrogens with zero attached hydrogens (tertiary/aromatic N) is 1. The van der Waals surface area contributed by atoms with Crippen LogP contribution >= 0.6 is 0 Å². The Balaban J connectivity index is 1.76. The Morgan fingerprint density at radius 3 is 2.21 bits per heavy atom. The molecule has 0 bridgehead atoms. The third-order valence-electron chi connectivity index (χ3n) is 5.24. The summed E-state index contributed by atoms with van der Waals surface area (Å²) in [7, 11) is 0. The van der Waals surface area contributed by atoms with Crippen LogP contribution in [0.25, 0.3) is 21.8 Å². The Hall–Kier alpha value is -1.76. The summed E-state index contributed by atoms with van der Waals surface area (Å²) in [5.41, 5.74) is 4.37. The van der Waals surface area contributed by atoms with Gasteiger partial charge in [0, 0.05) is 22.8 Å². The van der Waals surface area contributed by atoms with Crippen LogP contribution in [0.1, 0.15) is 64.4 Å². The first-order chi connectivity index (χ1) is 11.9. The van der Waals surface area contributed by atoms with Crippen molar-refractivity contribution in [2.75, 3.05) is 0 Å². The molecule has 0 fully saturated rings. The molecule has 1 heteroatoms. The van der Waals surface area contributed by atoms with Gasteiger partial charge in [0.2, 0.25) is 0 Å². The fraction of sp³-hybridized carbons (Fsp3) is 0.478. The summed E-state index contributed by atoms with van der Waals surface area (Å²) in [4.78, 5) is 0. The maximum atomic E-state index is 2.50. The number of aryl methyl sites for hydroxylation is 2. The van der Waals surface area contributed by atoms with Gasteiger partial charge in [0.1, 0.15) is 0 Å². The predicted molar refractivity (Wildman–Crippen MR) is 107 cm³/mol. The van der Waals surface area contributed by atoms with E-state index >= 15 is 0 Å². The van der Waals surface area contributed by atoms with Gasteiger partial charge in [0.05, 0.1) is 5.52 Å². The molecule has 0 N–H and O–H groups in total. The fourth-order valence-electron chi connectivity index (χ4n) is 3.99. The quantitative estimate of drug-likeness (QED) is 0.370. The lowest BCUT2D eigenvalue weighted by Crippen LogP contribution is -1.97. The van der Waals surface area contributed by atoms with Crippen LogP contribution in [0.2, 0.25) is 0 Å². The topological polar surface area (TPSA) is 4.93 Å². The molecule has 1 aromatic heterocycles. The maximum Gasteiger partial charge on any atom is 0.0523 e. The lowest BCUT2D eigenvalue weighted by atomic mass is 10.0. The molecule has 1 nitrogen and oxygen atoms in total. The lowest BCUT2D eigenvalue weighted by molar-refractivity contribution is 0.589. The Bertz CT molecular complexity index is 781. The van der Waals surface area contributed by atoms with Gasteiger partial charge in [-0.15, -0.1) is 0 Å². The van der Waals surface area contributed by atoms with E-state index in [1.54, 1.807) is 0 Å². The number of fused-ring (bicyclic) bond motifs is 3. The lowest BCUT2D eigenvalue weighted by Gasteiger charge is -2.09. The summed E-state index contributed by atoms with van der Waals surface area (Å²) in [5.74, 6) is 0. The van der Waals surface area contributed by atoms with Crippen molar-refractivity contribution in [1.82, 2.24) is 4.57 Å². The Kier molecular flexibility index (Phi) is 5.96. The smallest absolute Gasteiger partial charge is 0.0523 e. The van der Waals surface area contributed by atoms with Crippen molar-refractivity contribution in [2.45, 2.75) is 71.8 Å². The highest BCUT2D eigenvalue weighted by Gasteiger charge is 2.12. The van der Waals surface area contributed by atoms with Gasteiger partial charge in [-0.05, 0) is 31.4 Å². The van der Waals surface area contributed by atoms with Crippen LogP contribution in [0, 0.1) is 0 Å². The molecule has 0 aliphatic heterocycles. The van der Waals surface area contributed by atoms with Crippen LogP contribution in [0.4, 0.5) is 0 Å². The number of benzene rings is 2. The second-order valence-corrected chi connectivity index (χ2v) is 6.95. The van der Waals surface area contributed by atoms with Crippen molar-refractivity contribution in [3.63, 3.8) is 0 Å². The summed E-state index contributed by atoms with van der Waals surface area (Å²) < 4.78 is 2.50. The van der Waals surface area contributed by atoms with E-state index < -0.39 is 0 Å². The van der Waals surface area contributed by atoms with Crippen LogP contribution < -0.4 is 0 Å². The summed E-state index contributed by atoms with van der Waals surface area (Å²) in [6, 6.07) is 15.7. The van der Waals surface area contributed by atoms with Crippen molar-refractivity contribution in [3.05, 3.63) is 48.0 Å². The van der Waals surface area contributed by atoms with Gasteiger partial charge in [-0.2, -0.15) is 0 Å². The van der Waals surface area contributed by atoms with Gasteiger partial charge in [-0.3, -0.25) is 0 Å². The number of hydrogen-bond acceptors (Lipinski definition) is 0. The minimum Gasteiger partial charge on any atom is -0.341 e. The zero-order valence-electron chi connectivity index (χ0n) is 15.4. The molecule has 0 saturated heterocycles. The molecule has 0 atom stereocenters. The SMILES string of the molecule is CCCCCCCCCc1cccc2c3ccccc3n(CC)c12. The monoisotopic (exact) mass is 321 g/mol.